The fourth-order valence-electron chi connectivity index (χ4n) is 1.78. The number of nitrogens with one attached hydrogen (secondary N) is 1. The van der Waals surface area contributed by atoms with E-state index >= 15 is 0 Å². The van der Waals surface area contributed by atoms with Crippen LogP contribution in [-0.2, 0) is 5.60 Å². The van der Waals surface area contributed by atoms with Crippen molar-refractivity contribution >= 4 is 17.2 Å². The Hall–Kier alpha value is -1.86. The Labute approximate surface area is 123 Å². The number of alkyl halides is 3. The Morgan fingerprint density at radius 1 is 1.14 bits per heavy atom. The van der Waals surface area contributed by atoms with Crippen LogP contribution in [0.15, 0.2) is 47.8 Å². The molecule has 0 saturated heterocycles. The van der Waals surface area contributed by atoms with Gasteiger partial charge in [0.15, 0.2) is 0 Å². The number of carbonyl (C=O) groups excluding carboxylic acids is 1. The van der Waals surface area contributed by atoms with Gasteiger partial charge in [0, 0.05) is 0 Å². The van der Waals surface area contributed by atoms with E-state index in [0.29, 0.717) is 0 Å². The van der Waals surface area contributed by atoms with Gasteiger partial charge in [-0.25, -0.2) is 0 Å². The number of amides is 1. The van der Waals surface area contributed by atoms with E-state index in [0.717, 1.165) is 11.3 Å². The first-order chi connectivity index (χ1) is 9.84. The maximum Gasteiger partial charge on any atom is 0.423 e. The van der Waals surface area contributed by atoms with E-state index in [-0.39, 0.29) is 10.4 Å². The standard InChI is InChI=1S/C14H12F3NO2S/c15-14(16,17)13(20,10-5-2-1-3-6-10)9-18-12(19)11-7-4-8-21-11/h1-8,20H,9H2,(H,18,19)/t13-/m1/s1. The molecule has 1 aromatic heterocycles. The maximum absolute atomic E-state index is 13.2. The van der Waals surface area contributed by atoms with E-state index in [4.69, 9.17) is 0 Å². The molecule has 1 amide bonds. The summed E-state index contributed by atoms with van der Waals surface area (Å²) in [6.07, 6.45) is -4.91. The molecule has 1 atom stereocenters. The van der Waals surface area contributed by atoms with Crippen molar-refractivity contribution in [2.45, 2.75) is 11.8 Å². The minimum Gasteiger partial charge on any atom is -0.375 e. The van der Waals surface area contributed by atoms with Gasteiger partial charge in [-0.15, -0.1) is 11.3 Å². The van der Waals surface area contributed by atoms with Gasteiger partial charge in [0.25, 0.3) is 5.91 Å². The van der Waals surface area contributed by atoms with Crippen molar-refractivity contribution in [3.8, 4) is 0 Å². The molecule has 2 N–H and O–H groups in total. The summed E-state index contributed by atoms with van der Waals surface area (Å²) in [7, 11) is 0. The van der Waals surface area contributed by atoms with Crippen LogP contribution in [0.5, 0.6) is 0 Å². The average molecular weight is 315 g/mol. The lowest BCUT2D eigenvalue weighted by Gasteiger charge is -2.31. The summed E-state index contributed by atoms with van der Waals surface area (Å²) in [6.45, 7) is -0.947. The molecule has 2 rings (SSSR count). The molecule has 1 heterocycles. The lowest BCUT2D eigenvalue weighted by Crippen LogP contribution is -2.51. The van der Waals surface area contributed by atoms with Crippen LogP contribution in [0, 0.1) is 0 Å². The predicted molar refractivity (Wildman–Crippen MR) is 73.0 cm³/mol. The van der Waals surface area contributed by atoms with Gasteiger partial charge in [-0.3, -0.25) is 4.79 Å². The lowest BCUT2D eigenvalue weighted by atomic mass is 9.93. The molecule has 0 bridgehead atoms. The van der Waals surface area contributed by atoms with Crippen molar-refractivity contribution in [2.75, 3.05) is 6.54 Å². The highest BCUT2D eigenvalue weighted by Crippen LogP contribution is 2.38. The Kier molecular flexibility index (Phi) is 4.34. The Balaban J connectivity index is 2.20. The second kappa shape index (κ2) is 5.87. The number of hydrogen-bond donors (Lipinski definition) is 2. The van der Waals surface area contributed by atoms with Crippen LogP contribution in [0.4, 0.5) is 13.2 Å². The van der Waals surface area contributed by atoms with Gasteiger partial charge in [-0.1, -0.05) is 36.4 Å². The predicted octanol–water partition coefficient (Wildman–Crippen LogP) is 2.93. The molecule has 112 valence electrons. The van der Waals surface area contributed by atoms with Crippen LogP contribution in [0.1, 0.15) is 15.2 Å². The van der Waals surface area contributed by atoms with Crippen LogP contribution in [0.25, 0.3) is 0 Å². The highest BCUT2D eigenvalue weighted by Gasteiger charge is 2.55. The number of aliphatic hydroxyl groups is 1. The highest BCUT2D eigenvalue weighted by molar-refractivity contribution is 7.12. The maximum atomic E-state index is 13.2. The highest BCUT2D eigenvalue weighted by atomic mass is 32.1. The van der Waals surface area contributed by atoms with Crippen LogP contribution in [-0.4, -0.2) is 23.7 Å². The lowest BCUT2D eigenvalue weighted by molar-refractivity contribution is -0.263. The van der Waals surface area contributed by atoms with Crippen molar-refractivity contribution in [1.82, 2.24) is 5.32 Å². The van der Waals surface area contributed by atoms with Crippen LogP contribution < -0.4 is 5.32 Å². The molecule has 0 aliphatic heterocycles. The SMILES string of the molecule is O=C(NC[C@@](O)(c1ccccc1)C(F)(F)F)c1cccs1. The Morgan fingerprint density at radius 2 is 1.81 bits per heavy atom. The Morgan fingerprint density at radius 3 is 2.33 bits per heavy atom. The third kappa shape index (κ3) is 3.25. The molecule has 7 heteroatoms. The first-order valence-electron chi connectivity index (χ1n) is 6.01. The molecule has 0 saturated carbocycles. The third-order valence-corrected chi connectivity index (χ3v) is 3.84. The summed E-state index contributed by atoms with van der Waals surface area (Å²) in [6, 6.07) is 9.79. The quantitative estimate of drug-likeness (QED) is 0.911. The molecule has 0 unspecified atom stereocenters. The summed E-state index contributed by atoms with van der Waals surface area (Å²) in [5.74, 6) is -0.649. The van der Waals surface area contributed by atoms with E-state index in [1.54, 1.807) is 17.5 Å². The monoisotopic (exact) mass is 315 g/mol. The van der Waals surface area contributed by atoms with Crippen LogP contribution in [0.2, 0.25) is 0 Å². The Bertz CT molecular complexity index is 598. The van der Waals surface area contributed by atoms with Gasteiger partial charge in [0.05, 0.1) is 11.4 Å². The van der Waals surface area contributed by atoms with Gasteiger partial charge in [-0.2, -0.15) is 13.2 Å². The van der Waals surface area contributed by atoms with Crippen molar-refractivity contribution in [1.29, 1.82) is 0 Å². The van der Waals surface area contributed by atoms with Gasteiger partial charge >= 0.3 is 6.18 Å². The molecule has 0 aliphatic rings. The molecule has 2 aromatic rings. The zero-order valence-corrected chi connectivity index (χ0v) is 11.5. The fraction of sp³-hybridized carbons (Fsp3) is 0.214. The molecule has 3 nitrogen and oxygen atoms in total. The minimum atomic E-state index is -4.91. The number of benzene rings is 1. The van der Waals surface area contributed by atoms with E-state index in [1.807, 2.05) is 0 Å². The summed E-state index contributed by atoms with van der Waals surface area (Å²) < 4.78 is 39.6. The fourth-order valence-corrected chi connectivity index (χ4v) is 2.42. The third-order valence-electron chi connectivity index (χ3n) is 2.97. The number of rotatable bonds is 4. The van der Waals surface area contributed by atoms with Gasteiger partial charge in [-0.05, 0) is 17.0 Å². The molecule has 1 aromatic carbocycles. The number of carbonyl (C=O) groups is 1. The first kappa shape index (κ1) is 15.5. The summed E-state index contributed by atoms with van der Waals surface area (Å²) in [5, 5.41) is 13.8. The number of hydrogen-bond acceptors (Lipinski definition) is 3. The van der Waals surface area contributed by atoms with E-state index in [9.17, 15) is 23.1 Å². The molecular weight excluding hydrogens is 303 g/mol. The average Bonchev–Trinajstić information content (AvgIpc) is 2.98. The molecular formula is C14H12F3NO2S. The molecule has 0 radical (unpaired) electrons. The second-order valence-corrected chi connectivity index (χ2v) is 5.33. The minimum absolute atomic E-state index is 0.285. The summed E-state index contributed by atoms with van der Waals surface area (Å²) in [4.78, 5) is 12.0. The zero-order chi connectivity index (χ0) is 15.5. The van der Waals surface area contributed by atoms with Gasteiger partial charge in [0.1, 0.15) is 0 Å². The van der Waals surface area contributed by atoms with E-state index < -0.39 is 24.2 Å². The normalized spacial score (nSPS) is 14.5. The van der Waals surface area contributed by atoms with E-state index in [2.05, 4.69) is 5.32 Å². The van der Waals surface area contributed by atoms with Crippen molar-refractivity contribution in [2.24, 2.45) is 0 Å². The first-order valence-corrected chi connectivity index (χ1v) is 6.89. The van der Waals surface area contributed by atoms with E-state index in [1.165, 1.54) is 30.3 Å². The van der Waals surface area contributed by atoms with Crippen LogP contribution >= 0.6 is 11.3 Å². The summed E-state index contributed by atoms with van der Waals surface area (Å²) >= 11 is 1.11. The zero-order valence-electron chi connectivity index (χ0n) is 10.7. The van der Waals surface area contributed by atoms with Gasteiger partial charge < -0.3 is 10.4 Å². The molecule has 0 aliphatic carbocycles. The molecule has 0 spiro atoms. The van der Waals surface area contributed by atoms with Crippen molar-refractivity contribution < 1.29 is 23.1 Å². The van der Waals surface area contributed by atoms with Crippen molar-refractivity contribution in [3.63, 3.8) is 0 Å². The topological polar surface area (TPSA) is 49.3 Å². The molecule has 21 heavy (non-hydrogen) atoms. The smallest absolute Gasteiger partial charge is 0.375 e. The van der Waals surface area contributed by atoms with Gasteiger partial charge in [0.2, 0.25) is 5.60 Å². The van der Waals surface area contributed by atoms with Crippen molar-refractivity contribution in [3.05, 3.63) is 58.3 Å². The second-order valence-electron chi connectivity index (χ2n) is 4.38. The largest absolute Gasteiger partial charge is 0.423 e. The number of halogens is 3. The number of thiophene rings is 1. The molecule has 0 fully saturated rings. The summed E-state index contributed by atoms with van der Waals surface area (Å²) in [5.41, 5.74) is -3.44. The van der Waals surface area contributed by atoms with Crippen LogP contribution in [0.3, 0.4) is 0 Å².